The van der Waals surface area contributed by atoms with Gasteiger partial charge in [-0.15, -0.1) is 0 Å². The summed E-state index contributed by atoms with van der Waals surface area (Å²) in [5, 5.41) is 1.11. The van der Waals surface area contributed by atoms with Crippen LogP contribution < -0.4 is 5.73 Å². The third kappa shape index (κ3) is 4.22. The van der Waals surface area contributed by atoms with Crippen LogP contribution in [0.1, 0.15) is 24.6 Å². The van der Waals surface area contributed by atoms with Gasteiger partial charge >= 0.3 is 0 Å². The molecule has 192 valence electrons. The second-order valence-corrected chi connectivity index (χ2v) is 11.0. The molecular formula is C31H33N7. The van der Waals surface area contributed by atoms with E-state index < -0.39 is 0 Å². The zero-order valence-corrected chi connectivity index (χ0v) is 21.8. The van der Waals surface area contributed by atoms with E-state index >= 15 is 0 Å². The highest BCUT2D eigenvalue weighted by Gasteiger charge is 2.35. The molecule has 4 heterocycles. The number of anilines is 1. The van der Waals surface area contributed by atoms with Crippen LogP contribution in [0.5, 0.6) is 0 Å². The summed E-state index contributed by atoms with van der Waals surface area (Å²) in [6.45, 7) is 5.90. The first-order valence-corrected chi connectivity index (χ1v) is 13.6. The highest BCUT2D eigenvalue weighted by atomic mass is 15.2. The summed E-state index contributed by atoms with van der Waals surface area (Å²) in [6, 6.07) is 20.9. The molecule has 0 bridgehead atoms. The summed E-state index contributed by atoms with van der Waals surface area (Å²) < 4.78 is 2.17. The lowest BCUT2D eigenvalue weighted by molar-refractivity contribution is 0.104. The Balaban J connectivity index is 1.20. The van der Waals surface area contributed by atoms with E-state index in [1.807, 2.05) is 24.4 Å². The van der Waals surface area contributed by atoms with Crippen molar-refractivity contribution in [1.82, 2.24) is 29.2 Å². The number of nitrogens with zero attached hydrogens (tertiary/aromatic N) is 6. The van der Waals surface area contributed by atoms with E-state index in [1.165, 1.54) is 45.6 Å². The lowest BCUT2D eigenvalue weighted by atomic mass is 9.74. The zero-order chi connectivity index (χ0) is 25.6. The summed E-state index contributed by atoms with van der Waals surface area (Å²) >= 11 is 0. The van der Waals surface area contributed by atoms with Crippen molar-refractivity contribution in [3.8, 4) is 22.5 Å². The summed E-state index contributed by atoms with van der Waals surface area (Å²) in [4.78, 5) is 19.7. The lowest BCUT2D eigenvalue weighted by Gasteiger charge is -2.40. The van der Waals surface area contributed by atoms with Crippen molar-refractivity contribution in [2.75, 3.05) is 45.5 Å². The molecule has 3 aromatic heterocycles. The molecule has 2 fully saturated rings. The van der Waals surface area contributed by atoms with Crippen molar-refractivity contribution < 1.29 is 0 Å². The van der Waals surface area contributed by atoms with Crippen molar-refractivity contribution in [1.29, 1.82) is 0 Å². The molecule has 0 atom stereocenters. The van der Waals surface area contributed by atoms with Crippen LogP contribution in [-0.2, 0) is 0 Å². The van der Waals surface area contributed by atoms with E-state index in [-0.39, 0.29) is 0 Å². The van der Waals surface area contributed by atoms with Gasteiger partial charge in [0.1, 0.15) is 22.9 Å². The number of imidazole rings is 1. The number of rotatable bonds is 5. The van der Waals surface area contributed by atoms with Gasteiger partial charge in [-0.25, -0.2) is 15.0 Å². The number of hydrogen-bond acceptors (Lipinski definition) is 6. The summed E-state index contributed by atoms with van der Waals surface area (Å²) in [5.74, 6) is 2.80. The van der Waals surface area contributed by atoms with Crippen molar-refractivity contribution >= 4 is 22.2 Å². The third-order valence-electron chi connectivity index (χ3n) is 8.36. The zero-order valence-electron chi connectivity index (χ0n) is 21.8. The third-order valence-corrected chi connectivity index (χ3v) is 8.36. The molecule has 1 aliphatic heterocycles. The Kier molecular flexibility index (Phi) is 5.82. The van der Waals surface area contributed by atoms with Gasteiger partial charge < -0.3 is 15.5 Å². The van der Waals surface area contributed by atoms with Gasteiger partial charge in [0.25, 0.3) is 0 Å². The molecule has 38 heavy (non-hydrogen) atoms. The average molecular weight is 504 g/mol. The Morgan fingerprint density at radius 1 is 0.895 bits per heavy atom. The van der Waals surface area contributed by atoms with E-state index in [0.717, 1.165) is 50.7 Å². The highest BCUT2D eigenvalue weighted by Crippen LogP contribution is 2.43. The first kappa shape index (κ1) is 23.3. The van der Waals surface area contributed by atoms with E-state index in [2.05, 4.69) is 68.7 Å². The molecular weight excluding hydrogens is 470 g/mol. The molecule has 0 amide bonds. The van der Waals surface area contributed by atoms with Gasteiger partial charge in [-0.1, -0.05) is 48.5 Å². The highest BCUT2D eigenvalue weighted by molar-refractivity contribution is 5.91. The molecule has 0 unspecified atom stereocenters. The molecule has 1 aliphatic carbocycles. The summed E-state index contributed by atoms with van der Waals surface area (Å²) in [7, 11) is 2.21. The number of piperazine rings is 1. The van der Waals surface area contributed by atoms with Gasteiger partial charge in [-0.2, -0.15) is 0 Å². The standard InChI is InChI=1S/C31H33N7/c1-36-13-15-37(16-14-36)20-21-17-25(18-21)31-35-28(29-30(32)33-11-12-38(29)31)24-8-7-23-9-10-26(34-27(23)19-24)22-5-3-2-4-6-22/h2-12,19,21,25H,13-18,20H2,1H3,(H2,32,33). The predicted molar refractivity (Wildman–Crippen MR) is 153 cm³/mol. The average Bonchev–Trinajstić information content (AvgIpc) is 3.32. The molecule has 7 nitrogen and oxygen atoms in total. The molecule has 5 aromatic rings. The predicted octanol–water partition coefficient (Wildman–Crippen LogP) is 4.93. The molecule has 7 rings (SSSR count). The quantitative estimate of drug-likeness (QED) is 0.366. The number of fused-ring (bicyclic) bond motifs is 2. The molecule has 2 N–H and O–H groups in total. The van der Waals surface area contributed by atoms with Crippen LogP contribution in [0.4, 0.5) is 5.82 Å². The fraction of sp³-hybridized carbons (Fsp3) is 0.323. The van der Waals surface area contributed by atoms with E-state index in [0.29, 0.717) is 11.7 Å². The SMILES string of the molecule is CN1CCN(CC2CC(c3nc(-c4ccc5ccc(-c6ccccc6)nc5c4)c4c(N)nccn34)C2)CC1. The van der Waals surface area contributed by atoms with E-state index in [1.54, 1.807) is 6.20 Å². The van der Waals surface area contributed by atoms with Crippen LogP contribution in [-0.4, -0.2) is 68.9 Å². The van der Waals surface area contributed by atoms with Gasteiger partial charge in [0.05, 0.1) is 11.2 Å². The maximum absolute atomic E-state index is 6.44. The number of nitrogens with two attached hydrogens (primary N) is 1. The van der Waals surface area contributed by atoms with Crippen LogP contribution in [0, 0.1) is 5.92 Å². The number of likely N-dealkylation sites (N-methyl/N-ethyl adjacent to an activating group) is 1. The topological polar surface area (TPSA) is 75.6 Å². The minimum atomic E-state index is 0.443. The van der Waals surface area contributed by atoms with Gasteiger partial charge in [0.15, 0.2) is 0 Å². The molecule has 1 saturated carbocycles. The maximum Gasteiger partial charge on any atom is 0.150 e. The fourth-order valence-corrected chi connectivity index (χ4v) is 6.10. The number of pyridine rings is 1. The summed E-state index contributed by atoms with van der Waals surface area (Å²) in [6.07, 6.45) is 6.14. The molecule has 0 spiro atoms. The minimum Gasteiger partial charge on any atom is -0.382 e. The fourth-order valence-electron chi connectivity index (χ4n) is 6.10. The van der Waals surface area contributed by atoms with Gasteiger partial charge in [0, 0.05) is 67.5 Å². The Bertz CT molecular complexity index is 1600. The van der Waals surface area contributed by atoms with Crippen molar-refractivity contribution in [3.05, 3.63) is 78.9 Å². The Morgan fingerprint density at radius 3 is 2.50 bits per heavy atom. The van der Waals surface area contributed by atoms with Gasteiger partial charge in [-0.3, -0.25) is 4.40 Å². The second-order valence-electron chi connectivity index (χ2n) is 11.0. The largest absolute Gasteiger partial charge is 0.382 e. The minimum absolute atomic E-state index is 0.443. The molecule has 1 saturated heterocycles. The van der Waals surface area contributed by atoms with Crippen molar-refractivity contribution in [3.63, 3.8) is 0 Å². The van der Waals surface area contributed by atoms with Crippen LogP contribution in [0.25, 0.3) is 38.9 Å². The van der Waals surface area contributed by atoms with Gasteiger partial charge in [-0.05, 0) is 37.9 Å². The normalized spacial score (nSPS) is 20.7. The molecule has 7 heteroatoms. The van der Waals surface area contributed by atoms with Crippen molar-refractivity contribution in [2.24, 2.45) is 5.92 Å². The second kappa shape index (κ2) is 9.49. The lowest BCUT2D eigenvalue weighted by Crippen LogP contribution is -2.47. The molecule has 0 radical (unpaired) electrons. The number of nitrogen functional groups attached to an aromatic ring is 1. The van der Waals surface area contributed by atoms with E-state index in [9.17, 15) is 0 Å². The first-order chi connectivity index (χ1) is 18.6. The van der Waals surface area contributed by atoms with Crippen LogP contribution >= 0.6 is 0 Å². The van der Waals surface area contributed by atoms with Crippen LogP contribution in [0.3, 0.4) is 0 Å². The van der Waals surface area contributed by atoms with E-state index in [4.69, 9.17) is 15.7 Å². The Hall–Kier alpha value is -3.81. The number of hydrogen-bond donors (Lipinski definition) is 1. The smallest absolute Gasteiger partial charge is 0.150 e. The number of benzene rings is 2. The monoisotopic (exact) mass is 503 g/mol. The first-order valence-electron chi connectivity index (χ1n) is 13.6. The van der Waals surface area contributed by atoms with Crippen LogP contribution in [0.2, 0.25) is 0 Å². The Morgan fingerprint density at radius 2 is 1.68 bits per heavy atom. The Labute approximate surface area is 223 Å². The summed E-state index contributed by atoms with van der Waals surface area (Å²) in [5.41, 5.74) is 12.3. The molecule has 2 aromatic carbocycles. The van der Waals surface area contributed by atoms with Crippen LogP contribution in [0.15, 0.2) is 73.1 Å². The van der Waals surface area contributed by atoms with Gasteiger partial charge in [0.2, 0.25) is 0 Å². The molecule has 2 aliphatic rings. The number of aromatic nitrogens is 4. The maximum atomic E-state index is 6.44. The van der Waals surface area contributed by atoms with Crippen molar-refractivity contribution in [2.45, 2.75) is 18.8 Å².